The van der Waals surface area contributed by atoms with Crippen LogP contribution in [0.4, 0.5) is 0 Å². The zero-order valence-corrected chi connectivity index (χ0v) is 11.5. The van der Waals surface area contributed by atoms with Crippen LogP contribution in [0.5, 0.6) is 11.5 Å². The fourth-order valence-corrected chi connectivity index (χ4v) is 3.25. The van der Waals surface area contributed by atoms with Crippen molar-refractivity contribution in [3.05, 3.63) is 23.8 Å². The first-order valence-electron chi connectivity index (χ1n) is 7.06. The van der Waals surface area contributed by atoms with Gasteiger partial charge in [0.2, 0.25) is 0 Å². The van der Waals surface area contributed by atoms with Crippen LogP contribution < -0.4 is 15.2 Å². The number of rotatable bonds is 2. The molecule has 1 fully saturated rings. The van der Waals surface area contributed by atoms with Crippen LogP contribution in [-0.2, 0) is 0 Å². The highest BCUT2D eigenvalue weighted by atomic mass is 16.6. The van der Waals surface area contributed by atoms with E-state index in [0.717, 1.165) is 37.6 Å². The molecule has 2 atom stereocenters. The molecule has 0 bridgehead atoms. The summed E-state index contributed by atoms with van der Waals surface area (Å²) in [7, 11) is 2.17. The van der Waals surface area contributed by atoms with E-state index < -0.39 is 0 Å². The number of nitrogens with zero attached hydrogens (tertiary/aromatic N) is 1. The summed E-state index contributed by atoms with van der Waals surface area (Å²) in [6.45, 7) is 4.19. The van der Waals surface area contributed by atoms with E-state index in [-0.39, 0.29) is 0 Å². The fraction of sp³-hybridized carbons (Fsp3) is 0.600. The van der Waals surface area contributed by atoms with Gasteiger partial charge in [0, 0.05) is 12.1 Å². The predicted octanol–water partition coefficient (Wildman–Crippen LogP) is 1.45. The van der Waals surface area contributed by atoms with Crippen molar-refractivity contribution in [1.82, 2.24) is 4.90 Å². The van der Waals surface area contributed by atoms with E-state index >= 15 is 0 Å². The number of hydrogen-bond donors (Lipinski definition) is 1. The Bertz CT molecular complexity index is 450. The second-order valence-electron chi connectivity index (χ2n) is 5.52. The molecule has 104 valence electrons. The Hall–Kier alpha value is -1.26. The molecule has 4 heteroatoms. The summed E-state index contributed by atoms with van der Waals surface area (Å²) in [6.07, 6.45) is 1.14. The fourth-order valence-electron chi connectivity index (χ4n) is 3.25. The van der Waals surface area contributed by atoms with Crippen LogP contribution >= 0.6 is 0 Å². The lowest BCUT2D eigenvalue weighted by Crippen LogP contribution is -2.40. The molecule has 2 aliphatic rings. The summed E-state index contributed by atoms with van der Waals surface area (Å²) < 4.78 is 11.5. The number of para-hydroxylation sites is 1. The Kier molecular flexibility index (Phi) is 3.62. The van der Waals surface area contributed by atoms with Crippen molar-refractivity contribution in [1.29, 1.82) is 0 Å². The van der Waals surface area contributed by atoms with Crippen LogP contribution in [-0.4, -0.2) is 44.8 Å². The summed E-state index contributed by atoms with van der Waals surface area (Å²) in [5.74, 6) is 2.81. The number of ether oxygens (including phenoxy) is 2. The van der Waals surface area contributed by atoms with Gasteiger partial charge in [-0.1, -0.05) is 12.1 Å². The molecular formula is C15H22N2O2. The van der Waals surface area contributed by atoms with E-state index in [2.05, 4.69) is 24.1 Å². The first-order chi connectivity index (χ1) is 9.29. The van der Waals surface area contributed by atoms with Gasteiger partial charge in [-0.25, -0.2) is 0 Å². The van der Waals surface area contributed by atoms with Crippen LogP contribution in [0.1, 0.15) is 17.9 Å². The highest BCUT2D eigenvalue weighted by Gasteiger charge is 2.31. The standard InChI is InChI=1S/C15H22N2O2/c1-17-6-5-12(11(9-16)10-17)13-3-2-4-14-15(13)19-8-7-18-14/h2-4,11-12H,5-10,16H2,1H3. The molecule has 3 rings (SSSR count). The Morgan fingerprint density at radius 2 is 2.16 bits per heavy atom. The zero-order chi connectivity index (χ0) is 13.2. The lowest BCUT2D eigenvalue weighted by atomic mass is 9.80. The Morgan fingerprint density at radius 3 is 3.00 bits per heavy atom. The number of hydrogen-bond acceptors (Lipinski definition) is 4. The molecule has 2 N–H and O–H groups in total. The largest absolute Gasteiger partial charge is 0.486 e. The molecule has 1 aromatic rings. The molecule has 4 nitrogen and oxygen atoms in total. The average Bonchev–Trinajstić information content (AvgIpc) is 2.46. The molecule has 1 aromatic carbocycles. The van der Waals surface area contributed by atoms with E-state index in [9.17, 15) is 0 Å². The molecule has 2 aliphatic heterocycles. The topological polar surface area (TPSA) is 47.7 Å². The maximum Gasteiger partial charge on any atom is 0.164 e. The molecular weight excluding hydrogens is 240 g/mol. The summed E-state index contributed by atoms with van der Waals surface area (Å²) in [5, 5.41) is 0. The van der Waals surface area contributed by atoms with Gasteiger partial charge in [0.1, 0.15) is 13.2 Å². The molecule has 0 radical (unpaired) electrons. The Balaban J connectivity index is 1.92. The number of likely N-dealkylation sites (tertiary alicyclic amines) is 1. The highest BCUT2D eigenvalue weighted by Crippen LogP contribution is 2.42. The van der Waals surface area contributed by atoms with Crippen LogP contribution in [0.25, 0.3) is 0 Å². The SMILES string of the molecule is CN1CCC(c2cccc3c2OCCO3)C(CN)C1. The van der Waals surface area contributed by atoms with Gasteiger partial charge in [-0.2, -0.15) is 0 Å². The number of fused-ring (bicyclic) bond motifs is 1. The number of benzene rings is 1. The molecule has 0 saturated carbocycles. The first-order valence-corrected chi connectivity index (χ1v) is 7.06. The van der Waals surface area contributed by atoms with Crippen LogP contribution in [0, 0.1) is 5.92 Å². The predicted molar refractivity (Wildman–Crippen MR) is 74.8 cm³/mol. The van der Waals surface area contributed by atoms with Crippen molar-refractivity contribution < 1.29 is 9.47 Å². The van der Waals surface area contributed by atoms with E-state index in [1.807, 2.05) is 6.07 Å². The zero-order valence-electron chi connectivity index (χ0n) is 11.5. The molecule has 2 heterocycles. The molecule has 0 aliphatic carbocycles. The van der Waals surface area contributed by atoms with Crippen LogP contribution in [0.2, 0.25) is 0 Å². The lowest BCUT2D eigenvalue weighted by Gasteiger charge is -2.37. The summed E-state index contributed by atoms with van der Waals surface area (Å²) in [4.78, 5) is 2.36. The smallest absolute Gasteiger partial charge is 0.164 e. The molecule has 0 spiro atoms. The summed E-state index contributed by atoms with van der Waals surface area (Å²) >= 11 is 0. The minimum absolute atomic E-state index is 0.484. The van der Waals surface area contributed by atoms with E-state index in [1.54, 1.807) is 0 Å². The molecule has 2 unspecified atom stereocenters. The van der Waals surface area contributed by atoms with E-state index in [1.165, 1.54) is 5.56 Å². The molecule has 0 aromatic heterocycles. The van der Waals surface area contributed by atoms with Gasteiger partial charge in [0.25, 0.3) is 0 Å². The average molecular weight is 262 g/mol. The van der Waals surface area contributed by atoms with Gasteiger partial charge in [0.15, 0.2) is 11.5 Å². The van der Waals surface area contributed by atoms with Crippen molar-refractivity contribution in [2.24, 2.45) is 11.7 Å². The third-order valence-electron chi connectivity index (χ3n) is 4.24. The third-order valence-corrected chi connectivity index (χ3v) is 4.24. The van der Waals surface area contributed by atoms with Crippen LogP contribution in [0.3, 0.4) is 0 Å². The van der Waals surface area contributed by atoms with Crippen molar-refractivity contribution in [2.75, 3.05) is 39.9 Å². The first kappa shape index (κ1) is 12.8. The minimum Gasteiger partial charge on any atom is -0.486 e. The van der Waals surface area contributed by atoms with Gasteiger partial charge in [0.05, 0.1) is 0 Å². The van der Waals surface area contributed by atoms with E-state index in [0.29, 0.717) is 25.0 Å². The summed E-state index contributed by atoms with van der Waals surface area (Å²) in [6, 6.07) is 6.23. The van der Waals surface area contributed by atoms with E-state index in [4.69, 9.17) is 15.2 Å². The van der Waals surface area contributed by atoms with Gasteiger partial charge >= 0.3 is 0 Å². The monoisotopic (exact) mass is 262 g/mol. The third kappa shape index (κ3) is 2.42. The second kappa shape index (κ2) is 5.39. The number of piperidine rings is 1. The Morgan fingerprint density at radius 1 is 1.32 bits per heavy atom. The normalized spacial score (nSPS) is 27.3. The highest BCUT2D eigenvalue weighted by molar-refractivity contribution is 5.49. The van der Waals surface area contributed by atoms with Gasteiger partial charge in [-0.15, -0.1) is 0 Å². The van der Waals surface area contributed by atoms with Gasteiger partial charge < -0.3 is 20.1 Å². The van der Waals surface area contributed by atoms with Gasteiger partial charge in [-0.05, 0) is 44.5 Å². The van der Waals surface area contributed by atoms with Crippen LogP contribution in [0.15, 0.2) is 18.2 Å². The number of nitrogens with two attached hydrogens (primary N) is 1. The van der Waals surface area contributed by atoms with Crippen molar-refractivity contribution in [3.63, 3.8) is 0 Å². The van der Waals surface area contributed by atoms with Crippen molar-refractivity contribution in [2.45, 2.75) is 12.3 Å². The van der Waals surface area contributed by atoms with Gasteiger partial charge in [-0.3, -0.25) is 0 Å². The molecule has 19 heavy (non-hydrogen) atoms. The Labute approximate surface area is 114 Å². The molecule has 0 amide bonds. The summed E-state index contributed by atoms with van der Waals surface area (Å²) in [5.41, 5.74) is 7.25. The minimum atomic E-state index is 0.484. The quantitative estimate of drug-likeness (QED) is 0.876. The maximum absolute atomic E-state index is 5.97. The second-order valence-corrected chi connectivity index (χ2v) is 5.52. The molecule has 1 saturated heterocycles. The van der Waals surface area contributed by atoms with Crippen molar-refractivity contribution in [3.8, 4) is 11.5 Å². The lowest BCUT2D eigenvalue weighted by molar-refractivity contribution is 0.158. The maximum atomic E-state index is 5.97. The van der Waals surface area contributed by atoms with Crippen molar-refractivity contribution >= 4 is 0 Å².